The highest BCUT2D eigenvalue weighted by molar-refractivity contribution is 6.05. The van der Waals surface area contributed by atoms with Crippen molar-refractivity contribution in [2.24, 2.45) is 0 Å². The fraction of sp³-hybridized carbons (Fsp3) is 0.0476. The third-order valence-electron chi connectivity index (χ3n) is 4.44. The number of nitrogens with one attached hydrogen (secondary N) is 1. The molecule has 1 N–H and O–H groups in total. The summed E-state index contributed by atoms with van der Waals surface area (Å²) < 4.78 is 0. The van der Waals surface area contributed by atoms with Crippen molar-refractivity contribution in [3.8, 4) is 0 Å². The van der Waals surface area contributed by atoms with Crippen molar-refractivity contribution < 1.29 is 0 Å². The lowest BCUT2D eigenvalue weighted by molar-refractivity contribution is 0.807. The summed E-state index contributed by atoms with van der Waals surface area (Å²) in [6, 6.07) is 29.5. The molecule has 2 radical (unpaired) electrons. The summed E-state index contributed by atoms with van der Waals surface area (Å²) in [5, 5.41) is 7.93. The van der Waals surface area contributed by atoms with Crippen LogP contribution in [0.2, 0.25) is 0 Å². The highest BCUT2D eigenvalue weighted by Gasteiger charge is 2.16. The molecule has 2 heteroatoms. The van der Waals surface area contributed by atoms with Crippen LogP contribution in [0.25, 0.3) is 21.5 Å². The number of rotatable bonds is 3. The van der Waals surface area contributed by atoms with E-state index in [1.165, 1.54) is 32.7 Å². The van der Waals surface area contributed by atoms with E-state index in [0.717, 1.165) is 0 Å². The minimum atomic E-state index is -0.0489. The van der Waals surface area contributed by atoms with E-state index in [9.17, 15) is 0 Å². The van der Waals surface area contributed by atoms with E-state index in [4.69, 9.17) is 7.98 Å². The van der Waals surface area contributed by atoms with Crippen molar-refractivity contribution >= 4 is 29.5 Å². The first-order chi connectivity index (χ1) is 11.4. The predicted octanol–water partition coefficient (Wildman–Crippen LogP) is 4.76. The van der Waals surface area contributed by atoms with Crippen LogP contribution in [0.1, 0.15) is 17.2 Å². The van der Waals surface area contributed by atoms with Gasteiger partial charge in [-0.2, -0.15) is 0 Å². The normalized spacial score (nSPS) is 11.3. The van der Waals surface area contributed by atoms with Gasteiger partial charge in [0.2, 0.25) is 0 Å². The van der Waals surface area contributed by atoms with Crippen molar-refractivity contribution in [2.75, 3.05) is 0 Å². The minimum absolute atomic E-state index is 0.0489. The van der Waals surface area contributed by atoms with Gasteiger partial charge < -0.3 is 5.23 Å². The van der Waals surface area contributed by atoms with Gasteiger partial charge in [-0.1, -0.05) is 84.9 Å². The molecule has 1 nitrogen and oxygen atoms in total. The molecular formula is C21H16BN. The molecule has 0 aromatic heterocycles. The highest BCUT2D eigenvalue weighted by atomic mass is 14.8. The van der Waals surface area contributed by atoms with Crippen molar-refractivity contribution in [3.05, 3.63) is 96.1 Å². The quantitative estimate of drug-likeness (QED) is 0.537. The first-order valence-corrected chi connectivity index (χ1v) is 7.80. The monoisotopic (exact) mass is 293 g/mol. The van der Waals surface area contributed by atoms with Gasteiger partial charge in [-0.25, -0.2) is 0 Å². The van der Waals surface area contributed by atoms with Gasteiger partial charge in [-0.05, 0) is 32.7 Å². The van der Waals surface area contributed by atoms with Gasteiger partial charge in [0.05, 0.1) is 0 Å². The third-order valence-corrected chi connectivity index (χ3v) is 4.44. The summed E-state index contributed by atoms with van der Waals surface area (Å²) in [6.45, 7) is 0. The molecule has 4 aromatic carbocycles. The van der Waals surface area contributed by atoms with Crippen molar-refractivity contribution in [1.29, 1.82) is 0 Å². The lowest BCUT2D eigenvalue weighted by atomic mass is 9.90. The molecule has 0 saturated carbocycles. The van der Waals surface area contributed by atoms with Crippen LogP contribution in [-0.4, -0.2) is 7.98 Å². The first-order valence-electron chi connectivity index (χ1n) is 7.80. The molecule has 0 aliphatic heterocycles. The van der Waals surface area contributed by atoms with E-state index in [1.54, 1.807) is 0 Å². The van der Waals surface area contributed by atoms with Crippen LogP contribution < -0.4 is 5.23 Å². The molecular weight excluding hydrogens is 277 g/mol. The molecule has 0 aliphatic carbocycles. The molecule has 0 amide bonds. The molecule has 0 unspecified atom stereocenters. The Bertz CT molecular complexity index is 887. The summed E-state index contributed by atoms with van der Waals surface area (Å²) in [6.07, 6.45) is 0. The summed E-state index contributed by atoms with van der Waals surface area (Å²) in [4.78, 5) is 0. The maximum Gasteiger partial charge on any atom is 0.179 e. The number of hydrogen-bond acceptors (Lipinski definition) is 1. The Labute approximate surface area is 137 Å². The van der Waals surface area contributed by atoms with Crippen LogP contribution in [0.15, 0.2) is 84.9 Å². The van der Waals surface area contributed by atoms with E-state index in [2.05, 4.69) is 90.2 Å². The Morgan fingerprint density at radius 3 is 1.48 bits per heavy atom. The second-order valence-corrected chi connectivity index (χ2v) is 5.74. The largest absolute Gasteiger partial charge is 0.356 e. The summed E-state index contributed by atoms with van der Waals surface area (Å²) in [7, 11) is 5.97. The Balaban J connectivity index is 1.97. The maximum atomic E-state index is 5.97. The van der Waals surface area contributed by atoms with Gasteiger partial charge in [-0.3, -0.25) is 0 Å². The van der Waals surface area contributed by atoms with Crippen LogP contribution in [-0.2, 0) is 0 Å². The van der Waals surface area contributed by atoms with Gasteiger partial charge in [0.25, 0.3) is 0 Å². The number of hydrogen-bond donors (Lipinski definition) is 1. The summed E-state index contributed by atoms with van der Waals surface area (Å²) >= 11 is 0. The van der Waals surface area contributed by atoms with E-state index < -0.39 is 0 Å². The third kappa shape index (κ3) is 2.41. The maximum absolute atomic E-state index is 5.97. The fourth-order valence-corrected chi connectivity index (χ4v) is 3.35. The fourth-order valence-electron chi connectivity index (χ4n) is 3.35. The first kappa shape index (κ1) is 14.0. The summed E-state index contributed by atoms with van der Waals surface area (Å²) in [5.74, 6) is 0. The molecule has 108 valence electrons. The minimum Gasteiger partial charge on any atom is -0.356 e. The van der Waals surface area contributed by atoms with Crippen LogP contribution in [0.4, 0.5) is 0 Å². The van der Waals surface area contributed by atoms with Gasteiger partial charge >= 0.3 is 0 Å². The average Bonchev–Trinajstić information content (AvgIpc) is 2.63. The van der Waals surface area contributed by atoms with E-state index in [1.807, 2.05) is 0 Å². The number of benzene rings is 4. The van der Waals surface area contributed by atoms with Crippen LogP contribution in [0, 0.1) is 0 Å². The molecule has 0 heterocycles. The average molecular weight is 293 g/mol. The van der Waals surface area contributed by atoms with E-state index >= 15 is 0 Å². The molecule has 0 aliphatic rings. The van der Waals surface area contributed by atoms with E-state index in [-0.39, 0.29) is 6.04 Å². The molecule has 4 aromatic rings. The summed E-state index contributed by atoms with van der Waals surface area (Å²) in [5.41, 5.74) is 2.39. The van der Waals surface area contributed by atoms with Crippen molar-refractivity contribution in [1.82, 2.24) is 5.23 Å². The van der Waals surface area contributed by atoms with E-state index in [0.29, 0.717) is 0 Å². The zero-order valence-corrected chi connectivity index (χ0v) is 12.7. The topological polar surface area (TPSA) is 12.0 Å². The van der Waals surface area contributed by atoms with Crippen LogP contribution in [0.3, 0.4) is 0 Å². The zero-order chi connectivity index (χ0) is 15.6. The molecule has 0 saturated heterocycles. The molecule has 0 fully saturated rings. The standard InChI is InChI=1S/C21H16BN/c22-23-21(19-13-5-9-15-7-1-3-11-17(15)19)20-14-6-10-16-8-2-4-12-18(16)20/h1-14,21,23H. The van der Waals surface area contributed by atoms with Gasteiger partial charge in [0, 0.05) is 6.04 Å². The second kappa shape index (κ2) is 5.90. The molecule has 0 atom stereocenters. The highest BCUT2D eigenvalue weighted by Crippen LogP contribution is 2.32. The van der Waals surface area contributed by atoms with Gasteiger partial charge in [0.15, 0.2) is 7.98 Å². The predicted molar refractivity (Wildman–Crippen MR) is 98.6 cm³/mol. The lowest BCUT2D eigenvalue weighted by Gasteiger charge is -2.21. The molecule has 23 heavy (non-hydrogen) atoms. The number of fused-ring (bicyclic) bond motifs is 2. The zero-order valence-electron chi connectivity index (χ0n) is 12.7. The van der Waals surface area contributed by atoms with Crippen LogP contribution in [0.5, 0.6) is 0 Å². The SMILES string of the molecule is [B]NC(c1cccc2ccccc12)c1cccc2ccccc12. The molecule has 0 bridgehead atoms. The smallest absolute Gasteiger partial charge is 0.179 e. The second-order valence-electron chi connectivity index (χ2n) is 5.74. The molecule has 4 rings (SSSR count). The van der Waals surface area contributed by atoms with Crippen molar-refractivity contribution in [3.63, 3.8) is 0 Å². The lowest BCUT2D eigenvalue weighted by Crippen LogP contribution is -2.19. The Morgan fingerprint density at radius 2 is 1.00 bits per heavy atom. The Hall–Kier alpha value is -2.58. The Morgan fingerprint density at radius 1 is 0.565 bits per heavy atom. The van der Waals surface area contributed by atoms with Gasteiger partial charge in [0.1, 0.15) is 0 Å². The van der Waals surface area contributed by atoms with Gasteiger partial charge in [-0.15, -0.1) is 0 Å². The molecule has 0 spiro atoms. The Kier molecular flexibility index (Phi) is 3.60. The van der Waals surface area contributed by atoms with Crippen LogP contribution >= 0.6 is 0 Å². The van der Waals surface area contributed by atoms with Crippen molar-refractivity contribution in [2.45, 2.75) is 6.04 Å².